The lowest BCUT2D eigenvalue weighted by molar-refractivity contribution is -0.172. The van der Waals surface area contributed by atoms with E-state index in [0.717, 1.165) is 6.07 Å². The van der Waals surface area contributed by atoms with Gasteiger partial charge in [0.2, 0.25) is 0 Å². The van der Waals surface area contributed by atoms with E-state index in [2.05, 4.69) is 0 Å². The third-order valence-electron chi connectivity index (χ3n) is 2.05. The van der Waals surface area contributed by atoms with Gasteiger partial charge < -0.3 is 4.74 Å². The van der Waals surface area contributed by atoms with Crippen molar-refractivity contribution in [1.29, 1.82) is 5.26 Å². The smallest absolute Gasteiger partial charge is 0.375 e. The van der Waals surface area contributed by atoms with Gasteiger partial charge in [0.15, 0.2) is 5.92 Å². The molecule has 0 aliphatic carbocycles. The van der Waals surface area contributed by atoms with E-state index < -0.39 is 24.5 Å². The number of halogens is 4. The molecule has 0 spiro atoms. The highest BCUT2D eigenvalue weighted by atomic mass is 19.4. The fourth-order valence-corrected chi connectivity index (χ4v) is 1.11. The molecule has 0 aliphatic rings. The SMILES string of the molecule is N#CC(COCc1ccccc1F)C(F)(F)F. The minimum absolute atomic E-state index is 0.159. The highest BCUT2D eigenvalue weighted by Gasteiger charge is 2.40. The molecule has 0 saturated carbocycles. The molecule has 2 nitrogen and oxygen atoms in total. The fourth-order valence-electron chi connectivity index (χ4n) is 1.11. The number of rotatable bonds is 4. The van der Waals surface area contributed by atoms with Gasteiger partial charge in [0.25, 0.3) is 0 Å². The second kappa shape index (κ2) is 5.64. The van der Waals surface area contributed by atoms with Crippen LogP contribution < -0.4 is 0 Å². The van der Waals surface area contributed by atoms with E-state index in [9.17, 15) is 17.6 Å². The largest absolute Gasteiger partial charge is 0.406 e. The summed E-state index contributed by atoms with van der Waals surface area (Å²) < 4.78 is 54.2. The Bertz CT molecular complexity index is 411. The minimum atomic E-state index is -4.62. The highest BCUT2D eigenvalue weighted by Crippen LogP contribution is 2.26. The predicted octanol–water partition coefficient (Wildman–Crippen LogP) is 3.04. The van der Waals surface area contributed by atoms with Gasteiger partial charge in [-0.3, -0.25) is 0 Å². The normalized spacial score (nSPS) is 13.1. The number of benzene rings is 1. The molecule has 1 aromatic carbocycles. The Balaban J connectivity index is 2.48. The summed E-state index contributed by atoms with van der Waals surface area (Å²) >= 11 is 0. The van der Waals surface area contributed by atoms with Gasteiger partial charge in [-0.05, 0) is 6.07 Å². The van der Waals surface area contributed by atoms with E-state index in [-0.39, 0.29) is 12.2 Å². The molecule has 92 valence electrons. The summed E-state index contributed by atoms with van der Waals surface area (Å²) in [6, 6.07) is 6.70. The van der Waals surface area contributed by atoms with Crippen LogP contribution in [0.15, 0.2) is 24.3 Å². The van der Waals surface area contributed by atoms with Crippen LogP contribution in [-0.4, -0.2) is 12.8 Å². The average molecular weight is 247 g/mol. The lowest BCUT2D eigenvalue weighted by Crippen LogP contribution is -2.26. The van der Waals surface area contributed by atoms with Crippen molar-refractivity contribution in [3.05, 3.63) is 35.6 Å². The van der Waals surface area contributed by atoms with Crippen molar-refractivity contribution in [3.8, 4) is 6.07 Å². The summed E-state index contributed by atoms with van der Waals surface area (Å²) in [6.45, 7) is -1.09. The molecule has 1 atom stereocenters. The van der Waals surface area contributed by atoms with Crippen LogP contribution in [0.2, 0.25) is 0 Å². The van der Waals surface area contributed by atoms with Crippen LogP contribution in [0.4, 0.5) is 17.6 Å². The third-order valence-corrected chi connectivity index (χ3v) is 2.05. The summed E-state index contributed by atoms with van der Waals surface area (Å²) in [7, 11) is 0. The summed E-state index contributed by atoms with van der Waals surface area (Å²) in [5.74, 6) is -2.73. The molecule has 1 aromatic rings. The molecule has 0 radical (unpaired) electrons. The average Bonchev–Trinajstić information content (AvgIpc) is 2.25. The molecule has 0 N–H and O–H groups in total. The quantitative estimate of drug-likeness (QED) is 0.766. The van der Waals surface area contributed by atoms with Crippen molar-refractivity contribution < 1.29 is 22.3 Å². The number of nitriles is 1. The third kappa shape index (κ3) is 4.04. The van der Waals surface area contributed by atoms with Gasteiger partial charge in [0.1, 0.15) is 5.82 Å². The van der Waals surface area contributed by atoms with Gasteiger partial charge in [-0.1, -0.05) is 18.2 Å². The predicted molar refractivity (Wildman–Crippen MR) is 51.2 cm³/mol. The van der Waals surface area contributed by atoms with E-state index in [1.807, 2.05) is 0 Å². The molecule has 0 heterocycles. The molecule has 17 heavy (non-hydrogen) atoms. The number of hydrogen-bond donors (Lipinski definition) is 0. The van der Waals surface area contributed by atoms with Crippen molar-refractivity contribution in [1.82, 2.24) is 0 Å². The molecule has 0 aromatic heterocycles. The zero-order valence-corrected chi connectivity index (χ0v) is 8.67. The van der Waals surface area contributed by atoms with Gasteiger partial charge in [-0.2, -0.15) is 18.4 Å². The minimum Gasteiger partial charge on any atom is -0.375 e. The molecule has 0 fully saturated rings. The van der Waals surface area contributed by atoms with Gasteiger partial charge in [0, 0.05) is 5.56 Å². The monoisotopic (exact) mass is 247 g/mol. The molecule has 1 rings (SSSR count). The van der Waals surface area contributed by atoms with Gasteiger partial charge >= 0.3 is 6.18 Å². The van der Waals surface area contributed by atoms with Crippen LogP contribution in [0.3, 0.4) is 0 Å². The highest BCUT2D eigenvalue weighted by molar-refractivity contribution is 5.16. The second-order valence-electron chi connectivity index (χ2n) is 3.33. The maximum absolute atomic E-state index is 13.1. The Morgan fingerprint density at radius 1 is 1.29 bits per heavy atom. The molecule has 0 amide bonds. The number of hydrogen-bond acceptors (Lipinski definition) is 2. The molecule has 0 bridgehead atoms. The fraction of sp³-hybridized carbons (Fsp3) is 0.364. The van der Waals surface area contributed by atoms with E-state index in [4.69, 9.17) is 10.00 Å². The molecular formula is C11H9F4NO. The first-order chi connectivity index (χ1) is 7.95. The Morgan fingerprint density at radius 3 is 2.47 bits per heavy atom. The molecule has 0 aliphatic heterocycles. The molecule has 6 heteroatoms. The Labute approximate surface area is 95.4 Å². The van der Waals surface area contributed by atoms with Gasteiger partial charge in [-0.25, -0.2) is 4.39 Å². The molecular weight excluding hydrogens is 238 g/mol. The van der Waals surface area contributed by atoms with Crippen molar-refractivity contribution in [2.75, 3.05) is 6.61 Å². The topological polar surface area (TPSA) is 33.0 Å². The van der Waals surface area contributed by atoms with E-state index in [0.29, 0.717) is 0 Å². The van der Waals surface area contributed by atoms with Crippen LogP contribution in [0, 0.1) is 23.1 Å². The zero-order valence-electron chi connectivity index (χ0n) is 8.67. The lowest BCUT2D eigenvalue weighted by atomic mass is 10.2. The number of alkyl halides is 3. The second-order valence-corrected chi connectivity index (χ2v) is 3.33. The Hall–Kier alpha value is -1.61. The Kier molecular flexibility index (Phi) is 4.46. The van der Waals surface area contributed by atoms with E-state index >= 15 is 0 Å². The first-order valence-electron chi connectivity index (χ1n) is 4.72. The molecule has 1 unspecified atom stereocenters. The number of nitrogens with zero attached hydrogens (tertiary/aromatic N) is 1. The zero-order chi connectivity index (χ0) is 12.9. The standard InChI is InChI=1S/C11H9F4NO/c12-10-4-2-1-3-8(10)6-17-7-9(5-16)11(13,14)15/h1-4,9H,6-7H2. The van der Waals surface area contributed by atoms with Crippen LogP contribution in [0.25, 0.3) is 0 Å². The Morgan fingerprint density at radius 2 is 1.94 bits per heavy atom. The summed E-state index contributed by atoms with van der Waals surface area (Å²) in [6.07, 6.45) is -4.62. The van der Waals surface area contributed by atoms with Crippen molar-refractivity contribution in [2.45, 2.75) is 12.8 Å². The van der Waals surface area contributed by atoms with Gasteiger partial charge in [-0.15, -0.1) is 0 Å². The maximum Gasteiger partial charge on any atom is 0.406 e. The maximum atomic E-state index is 13.1. The van der Waals surface area contributed by atoms with Crippen LogP contribution in [0.5, 0.6) is 0 Å². The van der Waals surface area contributed by atoms with Crippen LogP contribution in [0.1, 0.15) is 5.56 Å². The van der Waals surface area contributed by atoms with Crippen LogP contribution in [-0.2, 0) is 11.3 Å². The van der Waals surface area contributed by atoms with E-state index in [1.54, 1.807) is 6.07 Å². The summed E-state index contributed by atoms with van der Waals surface area (Å²) in [5, 5.41) is 8.29. The first-order valence-corrected chi connectivity index (χ1v) is 4.72. The van der Waals surface area contributed by atoms with E-state index in [1.165, 1.54) is 18.2 Å². The lowest BCUT2D eigenvalue weighted by Gasteiger charge is -2.13. The van der Waals surface area contributed by atoms with Gasteiger partial charge in [0.05, 0.1) is 19.3 Å². The summed E-state index contributed by atoms with van der Waals surface area (Å²) in [5.41, 5.74) is 0.159. The van der Waals surface area contributed by atoms with Crippen LogP contribution >= 0.6 is 0 Å². The first kappa shape index (κ1) is 13.5. The van der Waals surface area contributed by atoms with Crippen molar-refractivity contribution >= 4 is 0 Å². The van der Waals surface area contributed by atoms with Crippen molar-refractivity contribution in [2.24, 2.45) is 5.92 Å². The molecule has 0 saturated heterocycles. The summed E-state index contributed by atoms with van der Waals surface area (Å²) in [4.78, 5) is 0. The number of ether oxygens (including phenoxy) is 1. The van der Waals surface area contributed by atoms with Crippen molar-refractivity contribution in [3.63, 3.8) is 0 Å².